The Hall–Kier alpha value is -1.26. The zero-order valence-corrected chi connectivity index (χ0v) is 13.0. The van der Waals surface area contributed by atoms with Crippen molar-refractivity contribution < 1.29 is 0 Å². The lowest BCUT2D eigenvalue weighted by atomic mass is 9.89. The van der Waals surface area contributed by atoms with E-state index in [1.54, 1.807) is 0 Å². The fourth-order valence-electron chi connectivity index (χ4n) is 2.83. The van der Waals surface area contributed by atoms with E-state index in [1.807, 2.05) is 0 Å². The highest BCUT2D eigenvalue weighted by atomic mass is 32.1. The predicted octanol–water partition coefficient (Wildman–Crippen LogP) is 3.64. The van der Waals surface area contributed by atoms with Crippen LogP contribution < -0.4 is 5.73 Å². The van der Waals surface area contributed by atoms with Crippen LogP contribution in [0.15, 0.2) is 30.3 Å². The molecule has 0 bridgehead atoms. The van der Waals surface area contributed by atoms with Crippen LogP contribution in [0.1, 0.15) is 55.3 Å². The summed E-state index contributed by atoms with van der Waals surface area (Å²) in [6, 6.07) is 10.7. The second-order valence-electron chi connectivity index (χ2n) is 6.68. The van der Waals surface area contributed by atoms with E-state index in [-0.39, 0.29) is 11.5 Å². The van der Waals surface area contributed by atoms with Gasteiger partial charge >= 0.3 is 0 Å². The first-order valence-corrected chi connectivity index (χ1v) is 7.89. The molecule has 4 heteroatoms. The molecule has 106 valence electrons. The molecule has 0 amide bonds. The molecule has 1 aromatic carbocycles. The highest BCUT2D eigenvalue weighted by molar-refractivity contribution is 7.05. The first-order chi connectivity index (χ1) is 9.48. The van der Waals surface area contributed by atoms with Gasteiger partial charge in [0, 0.05) is 11.5 Å². The Labute approximate surface area is 124 Å². The molecule has 3 unspecified atom stereocenters. The zero-order valence-electron chi connectivity index (χ0n) is 12.2. The van der Waals surface area contributed by atoms with Gasteiger partial charge in [0.2, 0.25) is 0 Å². The minimum atomic E-state index is 0.0110. The fraction of sp³-hybridized carbons (Fsp3) is 0.500. The van der Waals surface area contributed by atoms with E-state index in [4.69, 9.17) is 5.73 Å². The van der Waals surface area contributed by atoms with Crippen LogP contribution in [0.2, 0.25) is 0 Å². The summed E-state index contributed by atoms with van der Waals surface area (Å²) in [5, 5.41) is 4.31. The van der Waals surface area contributed by atoms with Crippen molar-refractivity contribution in [2.24, 2.45) is 11.7 Å². The highest BCUT2D eigenvalue weighted by Crippen LogP contribution is 2.54. The Kier molecular flexibility index (Phi) is 3.38. The van der Waals surface area contributed by atoms with Gasteiger partial charge in [-0.25, -0.2) is 0 Å². The Morgan fingerprint density at radius 1 is 1.25 bits per heavy atom. The maximum absolute atomic E-state index is 6.50. The number of nitrogens with two attached hydrogens (primary N) is 1. The molecule has 2 N–H and O–H groups in total. The third kappa shape index (κ3) is 2.50. The normalized spacial score (nSPS) is 23.6. The fourth-order valence-corrected chi connectivity index (χ4v) is 3.77. The van der Waals surface area contributed by atoms with Gasteiger partial charge in [0.05, 0.1) is 10.6 Å². The van der Waals surface area contributed by atoms with Crippen LogP contribution in [0, 0.1) is 5.92 Å². The van der Waals surface area contributed by atoms with E-state index in [2.05, 4.69) is 60.7 Å². The van der Waals surface area contributed by atoms with E-state index in [0.29, 0.717) is 11.8 Å². The van der Waals surface area contributed by atoms with E-state index in [0.717, 1.165) is 5.69 Å². The van der Waals surface area contributed by atoms with Crippen molar-refractivity contribution in [1.82, 2.24) is 9.59 Å². The molecule has 1 aliphatic rings. The first kappa shape index (κ1) is 13.7. The third-order valence-corrected chi connectivity index (χ3v) is 4.88. The zero-order chi connectivity index (χ0) is 14.3. The lowest BCUT2D eigenvalue weighted by molar-refractivity contribution is 0.537. The smallest absolute Gasteiger partial charge is 0.0857 e. The van der Waals surface area contributed by atoms with Gasteiger partial charge in [-0.2, -0.15) is 0 Å². The molecule has 1 aliphatic carbocycles. The monoisotopic (exact) mass is 287 g/mol. The van der Waals surface area contributed by atoms with Crippen LogP contribution in [-0.4, -0.2) is 9.59 Å². The Bertz CT molecular complexity index is 585. The second kappa shape index (κ2) is 4.93. The quantitative estimate of drug-likeness (QED) is 0.937. The van der Waals surface area contributed by atoms with Crippen molar-refractivity contribution in [3.05, 3.63) is 46.5 Å². The summed E-state index contributed by atoms with van der Waals surface area (Å²) in [6.45, 7) is 6.50. The van der Waals surface area contributed by atoms with Crippen molar-refractivity contribution in [2.45, 2.75) is 44.6 Å². The summed E-state index contributed by atoms with van der Waals surface area (Å²) in [6.07, 6.45) is 1.17. The average molecular weight is 287 g/mol. The van der Waals surface area contributed by atoms with E-state index in [1.165, 1.54) is 28.4 Å². The van der Waals surface area contributed by atoms with Gasteiger partial charge in [-0.3, -0.25) is 0 Å². The molecule has 0 spiro atoms. The van der Waals surface area contributed by atoms with Crippen molar-refractivity contribution in [3.8, 4) is 0 Å². The highest BCUT2D eigenvalue weighted by Gasteiger charge is 2.44. The molecule has 0 radical (unpaired) electrons. The van der Waals surface area contributed by atoms with Crippen LogP contribution in [0.25, 0.3) is 0 Å². The van der Waals surface area contributed by atoms with Crippen LogP contribution in [-0.2, 0) is 5.41 Å². The van der Waals surface area contributed by atoms with Crippen molar-refractivity contribution in [1.29, 1.82) is 0 Å². The third-order valence-electron chi connectivity index (χ3n) is 4.06. The molecule has 0 aliphatic heterocycles. The summed E-state index contributed by atoms with van der Waals surface area (Å²) in [7, 11) is 0. The molecule has 1 heterocycles. The van der Waals surface area contributed by atoms with Crippen LogP contribution in [0.3, 0.4) is 0 Å². The van der Waals surface area contributed by atoms with E-state index >= 15 is 0 Å². The summed E-state index contributed by atoms with van der Waals surface area (Å²) in [5.41, 5.74) is 8.98. The largest absolute Gasteiger partial charge is 0.323 e. The van der Waals surface area contributed by atoms with E-state index in [9.17, 15) is 0 Å². The van der Waals surface area contributed by atoms with Gasteiger partial charge in [-0.1, -0.05) is 55.6 Å². The molecule has 3 atom stereocenters. The molecular formula is C16H21N3S. The van der Waals surface area contributed by atoms with Gasteiger partial charge < -0.3 is 5.73 Å². The van der Waals surface area contributed by atoms with Gasteiger partial charge in [0.25, 0.3) is 0 Å². The predicted molar refractivity (Wildman–Crippen MR) is 82.8 cm³/mol. The van der Waals surface area contributed by atoms with E-state index < -0.39 is 0 Å². The van der Waals surface area contributed by atoms with Crippen molar-refractivity contribution >= 4 is 11.5 Å². The molecular weight excluding hydrogens is 266 g/mol. The summed E-state index contributed by atoms with van der Waals surface area (Å²) in [5.74, 6) is 1.13. The first-order valence-electron chi connectivity index (χ1n) is 7.11. The Balaban J connectivity index is 1.79. The molecule has 1 aromatic heterocycles. The minimum Gasteiger partial charge on any atom is -0.323 e. The number of aromatic nitrogens is 2. The van der Waals surface area contributed by atoms with Gasteiger partial charge in [0.1, 0.15) is 0 Å². The lowest BCUT2D eigenvalue weighted by Crippen LogP contribution is -2.20. The number of nitrogens with zero attached hydrogens (tertiary/aromatic N) is 2. The topological polar surface area (TPSA) is 51.8 Å². The Morgan fingerprint density at radius 3 is 2.60 bits per heavy atom. The average Bonchev–Trinajstić information content (AvgIpc) is 3.05. The SMILES string of the molecule is CC(C)(C)c1nnsc1C(N)C1CC1c1ccccc1. The number of rotatable bonds is 3. The van der Waals surface area contributed by atoms with Crippen molar-refractivity contribution in [2.75, 3.05) is 0 Å². The van der Waals surface area contributed by atoms with Gasteiger partial charge in [-0.15, -0.1) is 5.10 Å². The molecule has 3 rings (SSSR count). The summed E-state index contributed by atoms with van der Waals surface area (Å²) in [4.78, 5) is 1.17. The maximum atomic E-state index is 6.50. The molecule has 1 saturated carbocycles. The standard InChI is InChI=1S/C16H21N3S/c1-16(2,3)15-14(20-19-18-15)13(17)12-9-11(12)10-7-5-4-6-8-10/h4-8,11-13H,9,17H2,1-3H3. The van der Waals surface area contributed by atoms with Crippen LogP contribution >= 0.6 is 11.5 Å². The molecule has 2 aromatic rings. The molecule has 1 fully saturated rings. The second-order valence-corrected chi connectivity index (χ2v) is 7.46. The van der Waals surface area contributed by atoms with Crippen molar-refractivity contribution in [3.63, 3.8) is 0 Å². The summed E-state index contributed by atoms with van der Waals surface area (Å²) < 4.78 is 4.13. The molecule has 0 saturated heterocycles. The molecule has 20 heavy (non-hydrogen) atoms. The van der Waals surface area contributed by atoms with Gasteiger partial charge in [-0.05, 0) is 35.4 Å². The number of hydrogen-bond acceptors (Lipinski definition) is 4. The summed E-state index contributed by atoms with van der Waals surface area (Å²) >= 11 is 1.46. The Morgan fingerprint density at radius 2 is 1.95 bits per heavy atom. The van der Waals surface area contributed by atoms with Crippen LogP contribution in [0.4, 0.5) is 0 Å². The minimum absolute atomic E-state index is 0.0110. The number of hydrogen-bond donors (Lipinski definition) is 1. The van der Waals surface area contributed by atoms with Gasteiger partial charge in [0.15, 0.2) is 0 Å². The maximum Gasteiger partial charge on any atom is 0.0857 e. The molecule has 3 nitrogen and oxygen atoms in total. The number of benzene rings is 1. The van der Waals surface area contributed by atoms with Crippen LogP contribution in [0.5, 0.6) is 0 Å². The lowest BCUT2D eigenvalue weighted by Gasteiger charge is -2.19.